The second-order valence-electron chi connectivity index (χ2n) is 6.87. The largest absolute Gasteiger partial charge is 0.488 e. The van der Waals surface area contributed by atoms with E-state index >= 15 is 0 Å². The third-order valence-electron chi connectivity index (χ3n) is 5.08. The molecule has 3 aromatic rings. The van der Waals surface area contributed by atoms with Crippen LogP contribution in [0.4, 0.5) is 0 Å². The Morgan fingerprint density at radius 3 is 2.57 bits per heavy atom. The maximum absolute atomic E-state index is 13.3. The van der Waals surface area contributed by atoms with Crippen molar-refractivity contribution in [2.75, 3.05) is 13.6 Å². The lowest BCUT2D eigenvalue weighted by Gasteiger charge is -2.22. The predicted octanol–water partition coefficient (Wildman–Crippen LogP) is 1.98. The standard InChI is InChI=1S/C21H22N4O3/c1-22-20(26)18-12-15(28-14-8-4-3-5-9-14)13-25(18)21(27)19-16-10-6-7-11-17(16)24(2)23-19/h3-11,15,18H,12-13H2,1-2H3,(H,22,26)/t15-,18-/m0/s1. The molecule has 7 heteroatoms. The highest BCUT2D eigenvalue weighted by Crippen LogP contribution is 2.27. The van der Waals surface area contributed by atoms with Crippen LogP contribution in [0.25, 0.3) is 10.9 Å². The number of likely N-dealkylation sites (tertiary alicyclic amines) is 1. The summed E-state index contributed by atoms with van der Waals surface area (Å²) in [7, 11) is 3.38. The maximum atomic E-state index is 13.3. The number of fused-ring (bicyclic) bond motifs is 1. The van der Waals surface area contributed by atoms with Crippen LogP contribution in [-0.4, -0.2) is 52.2 Å². The third kappa shape index (κ3) is 3.19. The van der Waals surface area contributed by atoms with Gasteiger partial charge in [-0.05, 0) is 18.2 Å². The maximum Gasteiger partial charge on any atom is 0.275 e. The van der Waals surface area contributed by atoms with Crippen molar-refractivity contribution in [2.45, 2.75) is 18.6 Å². The van der Waals surface area contributed by atoms with Crippen LogP contribution < -0.4 is 10.1 Å². The van der Waals surface area contributed by atoms with E-state index in [1.165, 1.54) is 0 Å². The fourth-order valence-corrected chi connectivity index (χ4v) is 3.72. The van der Waals surface area contributed by atoms with Crippen LogP contribution in [0.15, 0.2) is 54.6 Å². The van der Waals surface area contributed by atoms with Crippen LogP contribution in [-0.2, 0) is 11.8 Å². The summed E-state index contributed by atoms with van der Waals surface area (Å²) in [6.45, 7) is 0.330. The van der Waals surface area contributed by atoms with E-state index in [-0.39, 0.29) is 17.9 Å². The number of carbonyl (C=O) groups is 2. The Morgan fingerprint density at radius 1 is 1.11 bits per heavy atom. The fourth-order valence-electron chi connectivity index (χ4n) is 3.72. The number of para-hydroxylation sites is 2. The molecule has 2 aromatic carbocycles. The van der Waals surface area contributed by atoms with Gasteiger partial charge < -0.3 is 15.0 Å². The molecule has 1 N–H and O–H groups in total. The second-order valence-corrected chi connectivity index (χ2v) is 6.87. The van der Waals surface area contributed by atoms with Gasteiger partial charge in [-0.25, -0.2) is 0 Å². The molecule has 2 amide bonds. The molecule has 1 fully saturated rings. The highest BCUT2D eigenvalue weighted by molar-refractivity contribution is 6.06. The SMILES string of the molecule is CNC(=O)[C@@H]1C[C@H](Oc2ccccc2)CN1C(=O)c1nn(C)c2ccccc12. The van der Waals surface area contributed by atoms with E-state index in [2.05, 4.69) is 10.4 Å². The molecular weight excluding hydrogens is 356 g/mol. The van der Waals surface area contributed by atoms with Gasteiger partial charge in [-0.1, -0.05) is 36.4 Å². The first-order chi connectivity index (χ1) is 13.6. The molecule has 144 valence electrons. The average Bonchev–Trinajstić information content (AvgIpc) is 3.29. The van der Waals surface area contributed by atoms with Crippen LogP contribution in [0.1, 0.15) is 16.9 Å². The van der Waals surface area contributed by atoms with Crippen molar-refractivity contribution < 1.29 is 14.3 Å². The number of benzene rings is 2. The zero-order valence-corrected chi connectivity index (χ0v) is 15.8. The lowest BCUT2D eigenvalue weighted by Crippen LogP contribution is -2.45. The summed E-state index contributed by atoms with van der Waals surface area (Å²) < 4.78 is 7.70. The quantitative estimate of drug-likeness (QED) is 0.753. The molecule has 1 aliphatic heterocycles. The lowest BCUT2D eigenvalue weighted by molar-refractivity contribution is -0.124. The summed E-state index contributed by atoms with van der Waals surface area (Å²) in [4.78, 5) is 27.3. The van der Waals surface area contributed by atoms with Gasteiger partial charge in [0.2, 0.25) is 5.91 Å². The number of likely N-dealkylation sites (N-methyl/N-ethyl adjacent to an activating group) is 1. The molecule has 0 radical (unpaired) electrons. The Labute approximate surface area is 162 Å². The van der Waals surface area contributed by atoms with Crippen molar-refractivity contribution in [1.29, 1.82) is 0 Å². The van der Waals surface area contributed by atoms with E-state index in [0.29, 0.717) is 18.7 Å². The Balaban J connectivity index is 1.63. The summed E-state index contributed by atoms with van der Waals surface area (Å²) in [6, 6.07) is 16.4. The molecule has 0 aliphatic carbocycles. The summed E-state index contributed by atoms with van der Waals surface area (Å²) in [6.07, 6.45) is 0.175. The molecular formula is C21H22N4O3. The van der Waals surface area contributed by atoms with E-state index in [1.807, 2.05) is 54.6 Å². The van der Waals surface area contributed by atoms with Gasteiger partial charge in [0.25, 0.3) is 5.91 Å². The Morgan fingerprint density at radius 2 is 1.82 bits per heavy atom. The molecule has 0 spiro atoms. The Hall–Kier alpha value is -3.35. The summed E-state index contributed by atoms with van der Waals surface area (Å²) >= 11 is 0. The first-order valence-electron chi connectivity index (χ1n) is 9.24. The molecule has 1 aromatic heterocycles. The zero-order valence-electron chi connectivity index (χ0n) is 15.8. The molecule has 0 unspecified atom stereocenters. The van der Waals surface area contributed by atoms with Gasteiger partial charge in [-0.2, -0.15) is 5.10 Å². The van der Waals surface area contributed by atoms with Gasteiger partial charge >= 0.3 is 0 Å². The van der Waals surface area contributed by atoms with Crippen LogP contribution in [0, 0.1) is 0 Å². The molecule has 0 saturated carbocycles. The molecule has 2 heterocycles. The number of ether oxygens (including phenoxy) is 1. The average molecular weight is 378 g/mol. The molecule has 1 saturated heterocycles. The number of carbonyl (C=O) groups excluding carboxylic acids is 2. The monoisotopic (exact) mass is 378 g/mol. The topological polar surface area (TPSA) is 76.5 Å². The van der Waals surface area contributed by atoms with Crippen LogP contribution >= 0.6 is 0 Å². The molecule has 4 rings (SSSR count). The van der Waals surface area contributed by atoms with Crippen LogP contribution in [0.5, 0.6) is 5.75 Å². The van der Waals surface area contributed by atoms with Gasteiger partial charge in [-0.3, -0.25) is 14.3 Å². The molecule has 0 bridgehead atoms. The van der Waals surface area contributed by atoms with Crippen molar-refractivity contribution in [1.82, 2.24) is 20.0 Å². The van der Waals surface area contributed by atoms with E-state index in [4.69, 9.17) is 4.74 Å². The zero-order chi connectivity index (χ0) is 19.7. The van der Waals surface area contributed by atoms with Crippen molar-refractivity contribution >= 4 is 22.7 Å². The van der Waals surface area contributed by atoms with Gasteiger partial charge in [0, 0.05) is 25.9 Å². The predicted molar refractivity (Wildman–Crippen MR) is 105 cm³/mol. The Bertz CT molecular complexity index is 1010. The van der Waals surface area contributed by atoms with Crippen molar-refractivity contribution in [2.24, 2.45) is 7.05 Å². The minimum atomic E-state index is -0.591. The highest BCUT2D eigenvalue weighted by Gasteiger charge is 2.41. The number of hydrogen-bond donors (Lipinski definition) is 1. The Kier molecular flexibility index (Phi) is 4.73. The number of nitrogens with one attached hydrogen (secondary N) is 1. The molecule has 2 atom stereocenters. The molecule has 28 heavy (non-hydrogen) atoms. The molecule has 7 nitrogen and oxygen atoms in total. The normalized spacial score (nSPS) is 19.0. The number of aromatic nitrogens is 2. The number of aryl methyl sites for hydroxylation is 1. The first-order valence-corrected chi connectivity index (χ1v) is 9.24. The van der Waals surface area contributed by atoms with E-state index in [9.17, 15) is 9.59 Å². The van der Waals surface area contributed by atoms with Crippen molar-refractivity contribution in [3.05, 3.63) is 60.3 Å². The first kappa shape index (κ1) is 18.0. The van der Waals surface area contributed by atoms with Crippen molar-refractivity contribution in [3.63, 3.8) is 0 Å². The smallest absolute Gasteiger partial charge is 0.275 e. The second kappa shape index (κ2) is 7.34. The molecule has 1 aliphatic rings. The van der Waals surface area contributed by atoms with Crippen LogP contribution in [0.2, 0.25) is 0 Å². The van der Waals surface area contributed by atoms with Gasteiger partial charge in [0.05, 0.1) is 12.1 Å². The number of hydrogen-bond acceptors (Lipinski definition) is 4. The number of rotatable bonds is 4. The summed E-state index contributed by atoms with van der Waals surface area (Å²) in [5, 5.41) is 7.85. The number of amides is 2. The van der Waals surface area contributed by atoms with Gasteiger partial charge in [0.15, 0.2) is 5.69 Å². The van der Waals surface area contributed by atoms with E-state index in [1.54, 1.807) is 23.7 Å². The summed E-state index contributed by atoms with van der Waals surface area (Å²) in [5.41, 5.74) is 1.23. The van der Waals surface area contributed by atoms with E-state index in [0.717, 1.165) is 16.7 Å². The lowest BCUT2D eigenvalue weighted by atomic mass is 10.1. The van der Waals surface area contributed by atoms with E-state index < -0.39 is 6.04 Å². The fraction of sp³-hybridized carbons (Fsp3) is 0.286. The van der Waals surface area contributed by atoms with Gasteiger partial charge in [0.1, 0.15) is 17.9 Å². The van der Waals surface area contributed by atoms with Gasteiger partial charge in [-0.15, -0.1) is 0 Å². The van der Waals surface area contributed by atoms with Crippen LogP contribution in [0.3, 0.4) is 0 Å². The summed E-state index contributed by atoms with van der Waals surface area (Å²) in [5.74, 6) is 0.262. The minimum absolute atomic E-state index is 0.201. The highest BCUT2D eigenvalue weighted by atomic mass is 16.5. The van der Waals surface area contributed by atoms with Crippen molar-refractivity contribution in [3.8, 4) is 5.75 Å². The third-order valence-corrected chi connectivity index (χ3v) is 5.08. The minimum Gasteiger partial charge on any atom is -0.488 e. The number of nitrogens with zero attached hydrogens (tertiary/aromatic N) is 3.